The average Bonchev–Trinajstić information content (AvgIpc) is 3.51. The average molecular weight is 789 g/mol. The van der Waals surface area contributed by atoms with Crippen LogP contribution in [0.2, 0.25) is 5.02 Å². The van der Waals surface area contributed by atoms with Crippen LogP contribution in [0.3, 0.4) is 0 Å². The second kappa shape index (κ2) is 20.1. The van der Waals surface area contributed by atoms with Crippen molar-refractivity contribution in [2.75, 3.05) is 13.3 Å². The van der Waals surface area contributed by atoms with E-state index in [-0.39, 0.29) is 29.5 Å². The van der Waals surface area contributed by atoms with Crippen LogP contribution in [0.25, 0.3) is 22.6 Å². The number of nitrogens with one attached hydrogen (secondary N) is 1. The Morgan fingerprint density at radius 2 is 1.70 bits per heavy atom. The van der Waals surface area contributed by atoms with Crippen molar-refractivity contribution in [3.63, 3.8) is 0 Å². The topological polar surface area (TPSA) is 123 Å². The number of benzene rings is 3. The summed E-state index contributed by atoms with van der Waals surface area (Å²) in [6, 6.07) is 22.5. The van der Waals surface area contributed by atoms with Crippen molar-refractivity contribution < 1.29 is 23.4 Å². The molecule has 11 nitrogen and oxygen atoms in total. The molecular weight excluding hydrogens is 738 g/mol. The van der Waals surface area contributed by atoms with Gasteiger partial charge < -0.3 is 14.7 Å². The Balaban J connectivity index is 0.000000322. The first-order valence-corrected chi connectivity index (χ1v) is 18.6. The minimum absolute atomic E-state index is 0.0444. The molecule has 298 valence electrons. The molecule has 3 heterocycles. The van der Waals surface area contributed by atoms with E-state index in [1.54, 1.807) is 29.2 Å². The minimum atomic E-state index is -2.86. The number of halogens is 3. The highest BCUT2D eigenvalue weighted by molar-refractivity contribution is 6.33. The van der Waals surface area contributed by atoms with E-state index in [2.05, 4.69) is 73.0 Å². The number of carbonyl (C=O) groups excluding carboxylic acids is 1. The van der Waals surface area contributed by atoms with Gasteiger partial charge in [0.1, 0.15) is 18.6 Å². The number of rotatable bonds is 10. The third-order valence-electron chi connectivity index (χ3n) is 8.30. The van der Waals surface area contributed by atoms with Crippen molar-refractivity contribution in [2.24, 2.45) is 5.41 Å². The predicted molar refractivity (Wildman–Crippen MR) is 215 cm³/mol. The van der Waals surface area contributed by atoms with Gasteiger partial charge in [-0.2, -0.15) is 33.6 Å². The summed E-state index contributed by atoms with van der Waals surface area (Å²) in [6.07, 6.45) is 5.11. The second-order valence-electron chi connectivity index (χ2n) is 14.7. The lowest BCUT2D eigenvalue weighted by Crippen LogP contribution is -2.29. The van der Waals surface area contributed by atoms with E-state index in [0.717, 1.165) is 47.3 Å². The number of aliphatic hydroxyl groups is 1. The molecule has 2 aliphatic rings. The maximum absolute atomic E-state index is 13.4. The van der Waals surface area contributed by atoms with E-state index < -0.39 is 12.6 Å². The third kappa shape index (κ3) is 12.1. The molecule has 7 rings (SSSR count). The summed E-state index contributed by atoms with van der Waals surface area (Å²) in [5.41, 5.74) is 6.14. The monoisotopic (exact) mass is 788 g/mol. The number of aromatic nitrogens is 6. The lowest BCUT2D eigenvalue weighted by atomic mass is 9.99. The van der Waals surface area contributed by atoms with E-state index in [0.29, 0.717) is 40.5 Å². The standard InChI is InChI=1S/C26H25ClF2N8O.C9H10O2.C5H12.C2H4/c1-15-24(17-4-2-16(3-5-17)22-11-32-37(34-22)19-7-8-19)31-14-35(15)23(12-38)18-6-9-21(27)20(10-18)25-30-13-33-36(25)26(28)29;1-8(10)11-7-9-5-3-2-4-6-9;1-5(2,3)4;1-2/h2-6,9-11,13,19,23-24,26,31,38H,1,7-8,12,14H2;2-6H,7H2,1H3;1-4H3;1-2H2. The molecule has 1 saturated heterocycles. The maximum atomic E-state index is 13.4. The molecule has 0 radical (unpaired) electrons. The number of hydrogen-bond acceptors (Lipinski definition) is 9. The third-order valence-corrected chi connectivity index (χ3v) is 8.63. The number of hydrogen-bond donors (Lipinski definition) is 2. The number of aliphatic hydroxyl groups excluding tert-OH is 1. The summed E-state index contributed by atoms with van der Waals surface area (Å²) in [7, 11) is 0. The molecule has 2 atom stereocenters. The van der Waals surface area contributed by atoms with Gasteiger partial charge in [0.15, 0.2) is 5.82 Å². The van der Waals surface area contributed by atoms with Gasteiger partial charge in [0.05, 0.1) is 42.6 Å². The largest absolute Gasteiger partial charge is 0.461 e. The van der Waals surface area contributed by atoms with Gasteiger partial charge in [0, 0.05) is 23.7 Å². The van der Waals surface area contributed by atoms with E-state index in [4.69, 9.17) is 16.3 Å². The second-order valence-corrected chi connectivity index (χ2v) is 15.1. The van der Waals surface area contributed by atoms with E-state index >= 15 is 0 Å². The summed E-state index contributed by atoms with van der Waals surface area (Å²) in [4.78, 5) is 18.1. The zero-order chi connectivity index (χ0) is 41.0. The summed E-state index contributed by atoms with van der Waals surface area (Å²) < 4.78 is 32.1. The molecule has 1 aliphatic carbocycles. The van der Waals surface area contributed by atoms with Crippen LogP contribution in [0.4, 0.5) is 8.78 Å². The Morgan fingerprint density at radius 1 is 1.04 bits per heavy atom. The lowest BCUT2D eigenvalue weighted by Gasteiger charge is -2.30. The van der Waals surface area contributed by atoms with Crippen molar-refractivity contribution in [3.8, 4) is 22.6 Å². The molecule has 2 aromatic heterocycles. The molecule has 5 aromatic rings. The van der Waals surface area contributed by atoms with Crippen molar-refractivity contribution >= 4 is 17.6 Å². The Hall–Kier alpha value is -5.24. The SMILES string of the molecule is C=C.C=C1C(c2ccc(-c3cnn(C4CC4)n3)cc2)NCN1C(CO)c1ccc(Cl)c(-c2ncnn2C(F)F)c1.CC(=O)OCc1ccccc1.CC(C)(C)C. The van der Waals surface area contributed by atoms with Crippen LogP contribution in [0, 0.1) is 5.41 Å². The molecule has 56 heavy (non-hydrogen) atoms. The summed E-state index contributed by atoms with van der Waals surface area (Å²) >= 11 is 6.34. The van der Waals surface area contributed by atoms with Crippen LogP contribution in [0.15, 0.2) is 111 Å². The van der Waals surface area contributed by atoms with Gasteiger partial charge in [-0.15, -0.1) is 13.2 Å². The zero-order valence-corrected chi connectivity index (χ0v) is 33.3. The van der Waals surface area contributed by atoms with Gasteiger partial charge in [0.25, 0.3) is 0 Å². The fraction of sp³-hybridized carbons (Fsp3) is 0.357. The Morgan fingerprint density at radius 3 is 2.29 bits per heavy atom. The van der Waals surface area contributed by atoms with Crippen LogP contribution in [-0.2, 0) is 16.1 Å². The number of nitrogens with zero attached hydrogens (tertiary/aromatic N) is 7. The van der Waals surface area contributed by atoms with Crippen molar-refractivity contribution in [3.05, 3.63) is 132 Å². The fourth-order valence-corrected chi connectivity index (χ4v) is 5.78. The smallest absolute Gasteiger partial charge is 0.335 e. The van der Waals surface area contributed by atoms with E-state index in [9.17, 15) is 18.7 Å². The minimum Gasteiger partial charge on any atom is -0.461 e. The predicted octanol–water partition coefficient (Wildman–Crippen LogP) is 9.34. The first kappa shape index (κ1) is 43.5. The first-order valence-electron chi connectivity index (χ1n) is 18.2. The lowest BCUT2D eigenvalue weighted by molar-refractivity contribution is -0.142. The van der Waals surface area contributed by atoms with Gasteiger partial charge in [-0.25, -0.2) is 4.98 Å². The van der Waals surface area contributed by atoms with Gasteiger partial charge in [-0.3, -0.25) is 10.1 Å². The van der Waals surface area contributed by atoms with Gasteiger partial charge in [-0.05, 0) is 47.1 Å². The molecule has 0 bridgehead atoms. The highest BCUT2D eigenvalue weighted by Crippen LogP contribution is 2.38. The molecule has 0 spiro atoms. The number of ether oxygens (including phenoxy) is 1. The number of carbonyl (C=O) groups is 1. The maximum Gasteiger partial charge on any atom is 0.335 e. The van der Waals surface area contributed by atoms with Crippen molar-refractivity contribution in [1.29, 1.82) is 0 Å². The molecule has 2 unspecified atom stereocenters. The highest BCUT2D eigenvalue weighted by Gasteiger charge is 2.33. The summed E-state index contributed by atoms with van der Waals surface area (Å²) in [5.74, 6) is -0.286. The molecule has 1 saturated carbocycles. The van der Waals surface area contributed by atoms with Crippen LogP contribution in [-0.4, -0.2) is 59.0 Å². The Bertz CT molecular complexity index is 2000. The fourth-order valence-electron chi connectivity index (χ4n) is 5.58. The number of alkyl halides is 2. The normalized spacial score (nSPS) is 15.5. The highest BCUT2D eigenvalue weighted by atomic mass is 35.5. The quantitative estimate of drug-likeness (QED) is 0.105. The molecule has 2 N–H and O–H groups in total. The van der Waals surface area contributed by atoms with Crippen LogP contribution in [0.5, 0.6) is 0 Å². The molecule has 0 amide bonds. The van der Waals surface area contributed by atoms with E-state index in [1.807, 2.05) is 59.5 Å². The van der Waals surface area contributed by atoms with Crippen molar-refractivity contribution in [1.82, 2.24) is 40.0 Å². The molecule has 1 aliphatic heterocycles. The summed E-state index contributed by atoms with van der Waals surface area (Å²) in [6.45, 7) is 18.2. The van der Waals surface area contributed by atoms with Gasteiger partial charge in [0.2, 0.25) is 0 Å². The Labute approximate surface area is 332 Å². The van der Waals surface area contributed by atoms with Crippen molar-refractivity contribution in [2.45, 2.75) is 78.7 Å². The molecular formula is C42H51ClF2N8O3. The van der Waals surface area contributed by atoms with Gasteiger partial charge >= 0.3 is 12.5 Å². The molecule has 3 aromatic carbocycles. The first-order chi connectivity index (χ1) is 26.7. The summed E-state index contributed by atoms with van der Waals surface area (Å²) in [5, 5.41) is 26.6. The number of esters is 1. The van der Waals surface area contributed by atoms with Crippen LogP contribution < -0.4 is 5.32 Å². The molecule has 2 fully saturated rings. The van der Waals surface area contributed by atoms with Gasteiger partial charge in [-0.1, -0.05) is 107 Å². The molecule has 14 heteroatoms. The zero-order valence-electron chi connectivity index (χ0n) is 32.6. The van der Waals surface area contributed by atoms with E-state index in [1.165, 1.54) is 6.92 Å². The van der Waals surface area contributed by atoms with Crippen LogP contribution >= 0.6 is 11.6 Å². The Kier molecular flexibility index (Phi) is 15.6. The van der Waals surface area contributed by atoms with Crippen LogP contribution in [0.1, 0.15) is 88.8 Å².